The zero-order valence-electron chi connectivity index (χ0n) is 14.4. The molecule has 0 unspecified atom stereocenters. The maximum Gasteiger partial charge on any atom is 0.251 e. The van der Waals surface area contributed by atoms with Crippen LogP contribution >= 0.6 is 0 Å². The minimum Gasteiger partial charge on any atom is -0.361 e. The molecule has 1 aromatic heterocycles. The number of carbonyl (C=O) groups is 2. The lowest BCUT2D eigenvalue weighted by Crippen LogP contribution is -2.48. The molecule has 26 heavy (non-hydrogen) atoms. The highest BCUT2D eigenvalue weighted by Gasteiger charge is 2.29. The number of aromatic nitrogens is 1. The number of H-pyrrole nitrogens is 1. The van der Waals surface area contributed by atoms with E-state index in [9.17, 15) is 9.59 Å². The third-order valence-electron chi connectivity index (χ3n) is 4.68. The van der Waals surface area contributed by atoms with E-state index in [1.54, 1.807) is 12.1 Å². The standard InChI is InChI=1S/C21H21N3O2/c25-20(14-6-2-1-3-7-14)24-19(21(26)23-16-10-11-16)12-15-13-22-18-9-5-4-8-17(15)18/h1-9,13,16,19,22H,10-12H2,(H,23,26)(H,24,25)/t19-/m1/s1. The van der Waals surface area contributed by atoms with Gasteiger partial charge in [0.15, 0.2) is 0 Å². The molecule has 3 N–H and O–H groups in total. The molecule has 0 bridgehead atoms. The van der Waals surface area contributed by atoms with Gasteiger partial charge in [0, 0.05) is 35.1 Å². The zero-order chi connectivity index (χ0) is 17.9. The summed E-state index contributed by atoms with van der Waals surface area (Å²) < 4.78 is 0. The van der Waals surface area contributed by atoms with Gasteiger partial charge in [-0.2, -0.15) is 0 Å². The van der Waals surface area contributed by atoms with E-state index in [0.717, 1.165) is 29.3 Å². The van der Waals surface area contributed by atoms with E-state index < -0.39 is 6.04 Å². The van der Waals surface area contributed by atoms with Crippen molar-refractivity contribution in [3.63, 3.8) is 0 Å². The van der Waals surface area contributed by atoms with Gasteiger partial charge in [0.1, 0.15) is 6.04 Å². The van der Waals surface area contributed by atoms with Gasteiger partial charge in [0.05, 0.1) is 0 Å². The summed E-state index contributed by atoms with van der Waals surface area (Å²) >= 11 is 0. The van der Waals surface area contributed by atoms with Crippen molar-refractivity contribution in [1.82, 2.24) is 15.6 Å². The molecule has 0 radical (unpaired) electrons. The number of amides is 2. The number of carbonyl (C=O) groups excluding carboxylic acids is 2. The summed E-state index contributed by atoms with van der Waals surface area (Å²) in [4.78, 5) is 28.5. The second-order valence-electron chi connectivity index (χ2n) is 6.74. The Hall–Kier alpha value is -3.08. The topological polar surface area (TPSA) is 74.0 Å². The maximum atomic E-state index is 12.7. The average Bonchev–Trinajstić information content (AvgIpc) is 3.40. The molecule has 0 spiro atoms. The highest BCUT2D eigenvalue weighted by Crippen LogP contribution is 2.21. The van der Waals surface area contributed by atoms with E-state index >= 15 is 0 Å². The SMILES string of the molecule is O=C(N[C@H](Cc1c[nH]c2ccccc12)C(=O)NC1CC1)c1ccccc1. The molecular weight excluding hydrogens is 326 g/mol. The molecular formula is C21H21N3O2. The van der Waals surface area contributed by atoms with Crippen LogP contribution in [-0.2, 0) is 11.2 Å². The number of hydrogen-bond acceptors (Lipinski definition) is 2. The first kappa shape index (κ1) is 16.4. The van der Waals surface area contributed by atoms with E-state index in [1.807, 2.05) is 48.7 Å². The van der Waals surface area contributed by atoms with Crippen LogP contribution in [0.3, 0.4) is 0 Å². The number of fused-ring (bicyclic) bond motifs is 1. The second kappa shape index (κ2) is 7.04. The van der Waals surface area contributed by atoms with Gasteiger partial charge in [-0.05, 0) is 36.6 Å². The van der Waals surface area contributed by atoms with Crippen molar-refractivity contribution in [1.29, 1.82) is 0 Å². The molecule has 5 heteroatoms. The van der Waals surface area contributed by atoms with E-state index in [-0.39, 0.29) is 17.9 Å². The Morgan fingerprint density at radius 1 is 1.04 bits per heavy atom. The molecule has 0 aliphatic heterocycles. The Morgan fingerprint density at radius 2 is 1.77 bits per heavy atom. The summed E-state index contributed by atoms with van der Waals surface area (Å²) in [5.74, 6) is -0.358. The first-order valence-corrected chi connectivity index (χ1v) is 8.92. The Bertz CT molecular complexity index is 929. The van der Waals surface area contributed by atoms with Crippen LogP contribution in [0.1, 0.15) is 28.8 Å². The number of para-hydroxylation sites is 1. The van der Waals surface area contributed by atoms with Gasteiger partial charge in [-0.1, -0.05) is 36.4 Å². The van der Waals surface area contributed by atoms with Crippen molar-refractivity contribution in [2.45, 2.75) is 31.3 Å². The van der Waals surface area contributed by atoms with E-state index in [0.29, 0.717) is 12.0 Å². The van der Waals surface area contributed by atoms with Gasteiger partial charge in [-0.15, -0.1) is 0 Å². The summed E-state index contributed by atoms with van der Waals surface area (Å²) in [5.41, 5.74) is 2.60. The smallest absolute Gasteiger partial charge is 0.251 e. The first-order valence-electron chi connectivity index (χ1n) is 8.92. The number of nitrogens with one attached hydrogen (secondary N) is 3. The Balaban J connectivity index is 1.56. The monoisotopic (exact) mass is 347 g/mol. The second-order valence-corrected chi connectivity index (χ2v) is 6.74. The van der Waals surface area contributed by atoms with Crippen molar-refractivity contribution >= 4 is 22.7 Å². The van der Waals surface area contributed by atoms with Gasteiger partial charge < -0.3 is 15.6 Å². The van der Waals surface area contributed by atoms with Crippen LogP contribution in [-0.4, -0.2) is 28.9 Å². The zero-order valence-corrected chi connectivity index (χ0v) is 14.4. The van der Waals surface area contributed by atoms with Crippen molar-refractivity contribution in [2.24, 2.45) is 0 Å². The third kappa shape index (κ3) is 3.61. The maximum absolute atomic E-state index is 12.7. The highest BCUT2D eigenvalue weighted by molar-refractivity contribution is 5.98. The molecule has 1 atom stereocenters. The minimum absolute atomic E-state index is 0.123. The van der Waals surface area contributed by atoms with Crippen LogP contribution in [0.15, 0.2) is 60.8 Å². The molecule has 1 saturated carbocycles. The van der Waals surface area contributed by atoms with E-state index in [2.05, 4.69) is 15.6 Å². The van der Waals surface area contributed by atoms with Crippen LogP contribution in [0.4, 0.5) is 0 Å². The van der Waals surface area contributed by atoms with Gasteiger partial charge in [-0.3, -0.25) is 9.59 Å². The summed E-state index contributed by atoms with van der Waals surface area (Å²) in [5, 5.41) is 6.99. The van der Waals surface area contributed by atoms with E-state index in [1.165, 1.54) is 0 Å². The van der Waals surface area contributed by atoms with Gasteiger partial charge in [-0.25, -0.2) is 0 Å². The van der Waals surface area contributed by atoms with Crippen molar-refractivity contribution in [3.8, 4) is 0 Å². The molecule has 1 aliphatic rings. The Labute approximate surface area is 151 Å². The Morgan fingerprint density at radius 3 is 2.54 bits per heavy atom. The summed E-state index contributed by atoms with van der Waals surface area (Å²) in [6, 6.07) is 16.6. The molecule has 5 nitrogen and oxygen atoms in total. The fraction of sp³-hybridized carbons (Fsp3) is 0.238. The van der Waals surface area contributed by atoms with Gasteiger partial charge in [0.2, 0.25) is 5.91 Å². The molecule has 1 aliphatic carbocycles. The van der Waals surface area contributed by atoms with Gasteiger partial charge >= 0.3 is 0 Å². The normalized spacial score (nSPS) is 14.8. The van der Waals surface area contributed by atoms with E-state index in [4.69, 9.17) is 0 Å². The molecule has 132 valence electrons. The minimum atomic E-state index is -0.609. The molecule has 1 heterocycles. The van der Waals surface area contributed by atoms with Crippen LogP contribution in [0.25, 0.3) is 10.9 Å². The number of hydrogen-bond donors (Lipinski definition) is 3. The predicted molar refractivity (Wildman–Crippen MR) is 101 cm³/mol. The summed E-state index contributed by atoms with van der Waals surface area (Å²) in [7, 11) is 0. The number of aromatic amines is 1. The van der Waals surface area contributed by atoms with Crippen molar-refractivity contribution in [2.75, 3.05) is 0 Å². The van der Waals surface area contributed by atoms with Crippen LogP contribution in [0.2, 0.25) is 0 Å². The van der Waals surface area contributed by atoms with Crippen LogP contribution < -0.4 is 10.6 Å². The molecule has 1 fully saturated rings. The molecule has 3 aromatic rings. The largest absolute Gasteiger partial charge is 0.361 e. The molecule has 2 aromatic carbocycles. The van der Waals surface area contributed by atoms with Crippen LogP contribution in [0.5, 0.6) is 0 Å². The first-order chi connectivity index (χ1) is 12.7. The average molecular weight is 347 g/mol. The van der Waals surface area contributed by atoms with Crippen LogP contribution in [0, 0.1) is 0 Å². The summed E-state index contributed by atoms with van der Waals surface area (Å²) in [6.07, 6.45) is 4.38. The molecule has 0 saturated heterocycles. The molecule has 2 amide bonds. The Kier molecular flexibility index (Phi) is 4.44. The fourth-order valence-corrected chi connectivity index (χ4v) is 3.09. The number of rotatable bonds is 6. The third-order valence-corrected chi connectivity index (χ3v) is 4.68. The molecule has 4 rings (SSSR count). The summed E-state index contributed by atoms with van der Waals surface area (Å²) in [6.45, 7) is 0. The predicted octanol–water partition coefficient (Wildman–Crippen LogP) is 2.79. The van der Waals surface area contributed by atoms with Crippen molar-refractivity contribution < 1.29 is 9.59 Å². The van der Waals surface area contributed by atoms with Crippen molar-refractivity contribution in [3.05, 3.63) is 71.9 Å². The lowest BCUT2D eigenvalue weighted by molar-refractivity contribution is -0.123. The lowest BCUT2D eigenvalue weighted by Gasteiger charge is -2.18. The fourth-order valence-electron chi connectivity index (χ4n) is 3.09. The lowest BCUT2D eigenvalue weighted by atomic mass is 10.0. The van der Waals surface area contributed by atoms with Gasteiger partial charge in [0.25, 0.3) is 5.91 Å². The number of benzene rings is 2. The highest BCUT2D eigenvalue weighted by atomic mass is 16.2. The quantitative estimate of drug-likeness (QED) is 0.641.